The average molecular weight is 301 g/mol. The van der Waals surface area contributed by atoms with Gasteiger partial charge in [-0.2, -0.15) is 18.2 Å². The van der Waals surface area contributed by atoms with E-state index < -0.39 is 12.2 Å². The van der Waals surface area contributed by atoms with Crippen molar-refractivity contribution in [3.8, 4) is 5.75 Å². The summed E-state index contributed by atoms with van der Waals surface area (Å²) in [6, 6.07) is 3.86. The Labute approximate surface area is 119 Å². The number of alkyl halides is 3. The Hall–Kier alpha value is -2.09. The highest BCUT2D eigenvalue weighted by Gasteiger charge is 2.40. The number of ether oxygens (including phenoxy) is 1. The first-order chi connectivity index (χ1) is 9.90. The van der Waals surface area contributed by atoms with Crippen LogP contribution in [-0.4, -0.2) is 23.4 Å². The summed E-state index contributed by atoms with van der Waals surface area (Å²) < 4.78 is 49.1. The molecule has 0 unspecified atom stereocenters. The molecule has 0 aliphatic heterocycles. The van der Waals surface area contributed by atoms with Gasteiger partial charge in [0.2, 0.25) is 5.89 Å². The zero-order valence-electron chi connectivity index (χ0n) is 11.4. The topological polar surface area (TPSA) is 60.2 Å². The van der Waals surface area contributed by atoms with E-state index in [1.807, 2.05) is 0 Å². The molecule has 0 bridgehead atoms. The van der Waals surface area contributed by atoms with Crippen LogP contribution in [0.5, 0.6) is 5.75 Å². The van der Waals surface area contributed by atoms with Crippen molar-refractivity contribution in [3.05, 3.63) is 41.5 Å². The van der Waals surface area contributed by atoms with E-state index in [9.17, 15) is 13.2 Å². The predicted molar refractivity (Wildman–Crippen MR) is 67.7 cm³/mol. The molecule has 1 atom stereocenters. The van der Waals surface area contributed by atoms with Crippen LogP contribution in [0.3, 0.4) is 0 Å². The highest BCUT2D eigenvalue weighted by Crippen LogP contribution is 2.33. The van der Waals surface area contributed by atoms with Crippen molar-refractivity contribution >= 4 is 0 Å². The van der Waals surface area contributed by atoms with Gasteiger partial charge in [0.05, 0.1) is 13.7 Å². The van der Waals surface area contributed by atoms with Crippen molar-refractivity contribution in [2.24, 2.45) is 0 Å². The molecule has 0 saturated heterocycles. The Morgan fingerprint density at radius 1 is 1.29 bits per heavy atom. The largest absolute Gasteiger partial charge is 0.497 e. The van der Waals surface area contributed by atoms with Crippen LogP contribution in [0.2, 0.25) is 0 Å². The van der Waals surface area contributed by atoms with Crippen molar-refractivity contribution in [2.45, 2.75) is 25.7 Å². The second-order valence-corrected chi connectivity index (χ2v) is 4.36. The lowest BCUT2D eigenvalue weighted by atomic mass is 10.1. The monoisotopic (exact) mass is 301 g/mol. The predicted octanol–water partition coefficient (Wildman–Crippen LogP) is 2.78. The highest BCUT2D eigenvalue weighted by atomic mass is 19.4. The van der Waals surface area contributed by atoms with Gasteiger partial charge in [-0.15, -0.1) is 0 Å². The molecule has 0 radical (unpaired) electrons. The summed E-state index contributed by atoms with van der Waals surface area (Å²) in [5.74, 6) is 0.974. The molecular formula is C13H14F3N3O2. The molecular weight excluding hydrogens is 287 g/mol. The number of nitrogens with one attached hydrogen (secondary N) is 1. The van der Waals surface area contributed by atoms with Crippen LogP contribution in [0.4, 0.5) is 13.2 Å². The Kier molecular flexibility index (Phi) is 4.46. The first kappa shape index (κ1) is 15.3. The van der Waals surface area contributed by atoms with Gasteiger partial charge in [-0.25, -0.2) is 0 Å². The molecule has 1 aromatic carbocycles. The van der Waals surface area contributed by atoms with Gasteiger partial charge < -0.3 is 9.26 Å². The fraction of sp³-hybridized carbons (Fsp3) is 0.385. The molecule has 0 fully saturated rings. The Morgan fingerprint density at radius 3 is 2.43 bits per heavy atom. The molecule has 0 amide bonds. The molecule has 0 aliphatic carbocycles. The van der Waals surface area contributed by atoms with Crippen LogP contribution in [0.25, 0.3) is 0 Å². The average Bonchev–Trinajstić information content (AvgIpc) is 2.84. The first-order valence-corrected chi connectivity index (χ1v) is 6.13. The second kappa shape index (κ2) is 6.13. The van der Waals surface area contributed by atoms with Crippen LogP contribution >= 0.6 is 0 Å². The van der Waals surface area contributed by atoms with E-state index >= 15 is 0 Å². The summed E-state index contributed by atoms with van der Waals surface area (Å²) in [7, 11) is 1.45. The number of aromatic nitrogens is 2. The summed E-state index contributed by atoms with van der Waals surface area (Å²) in [6.07, 6.45) is -4.44. The summed E-state index contributed by atoms with van der Waals surface area (Å²) in [5.41, 5.74) is 0.0829. The molecule has 8 heteroatoms. The smallest absolute Gasteiger partial charge is 0.407 e. The number of benzene rings is 1. The number of methoxy groups -OCH3 is 1. The molecule has 21 heavy (non-hydrogen) atoms. The van der Waals surface area contributed by atoms with E-state index in [2.05, 4.69) is 15.5 Å². The number of nitrogens with zero attached hydrogens (tertiary/aromatic N) is 2. The minimum absolute atomic E-state index is 0.0829. The van der Waals surface area contributed by atoms with Crippen LogP contribution in [0, 0.1) is 6.92 Å². The van der Waals surface area contributed by atoms with Crippen LogP contribution in [0.1, 0.15) is 23.3 Å². The van der Waals surface area contributed by atoms with Crippen LogP contribution in [-0.2, 0) is 6.54 Å². The third kappa shape index (κ3) is 3.94. The lowest BCUT2D eigenvalue weighted by Crippen LogP contribution is -2.33. The molecule has 2 aromatic rings. The van der Waals surface area contributed by atoms with E-state index in [0.717, 1.165) is 0 Å². The number of rotatable bonds is 5. The lowest BCUT2D eigenvalue weighted by Gasteiger charge is -2.21. The fourth-order valence-corrected chi connectivity index (χ4v) is 1.82. The van der Waals surface area contributed by atoms with Gasteiger partial charge in [0.25, 0.3) is 0 Å². The highest BCUT2D eigenvalue weighted by molar-refractivity contribution is 5.29. The quantitative estimate of drug-likeness (QED) is 0.920. The Bertz CT molecular complexity index is 581. The number of hydrogen-bond acceptors (Lipinski definition) is 5. The second-order valence-electron chi connectivity index (χ2n) is 4.36. The van der Waals surface area contributed by atoms with Crippen LogP contribution < -0.4 is 10.1 Å². The molecule has 1 heterocycles. The number of halogens is 3. The number of aryl methyl sites for hydroxylation is 1. The maximum Gasteiger partial charge on any atom is 0.407 e. The van der Waals surface area contributed by atoms with Gasteiger partial charge >= 0.3 is 6.18 Å². The van der Waals surface area contributed by atoms with E-state index in [4.69, 9.17) is 9.26 Å². The van der Waals surface area contributed by atoms with Crippen molar-refractivity contribution in [2.75, 3.05) is 7.11 Å². The van der Waals surface area contributed by atoms with Crippen molar-refractivity contribution in [1.82, 2.24) is 15.5 Å². The van der Waals surface area contributed by atoms with Crippen molar-refractivity contribution in [1.29, 1.82) is 0 Å². The molecule has 5 nitrogen and oxygen atoms in total. The first-order valence-electron chi connectivity index (χ1n) is 6.13. The van der Waals surface area contributed by atoms with Crippen molar-refractivity contribution < 1.29 is 22.4 Å². The summed E-state index contributed by atoms with van der Waals surface area (Å²) in [5, 5.41) is 5.91. The molecule has 0 spiro atoms. The summed E-state index contributed by atoms with van der Waals surface area (Å²) in [6.45, 7) is 1.43. The molecule has 0 saturated carbocycles. The SMILES string of the molecule is COc1ccc([C@H](NCc2nc(C)no2)C(F)(F)F)cc1. The lowest BCUT2D eigenvalue weighted by molar-refractivity contribution is -0.158. The van der Waals surface area contributed by atoms with Gasteiger partial charge in [0, 0.05) is 0 Å². The summed E-state index contributed by atoms with van der Waals surface area (Å²) >= 11 is 0. The van der Waals surface area contributed by atoms with Crippen LogP contribution in [0.15, 0.2) is 28.8 Å². The normalized spacial score (nSPS) is 13.2. The van der Waals surface area contributed by atoms with Gasteiger partial charge in [0.15, 0.2) is 5.82 Å². The molecule has 1 aromatic heterocycles. The molecule has 1 N–H and O–H groups in total. The molecule has 2 rings (SSSR count). The molecule has 114 valence electrons. The van der Waals surface area contributed by atoms with Gasteiger partial charge in [-0.1, -0.05) is 17.3 Å². The molecule has 0 aliphatic rings. The van der Waals surface area contributed by atoms with Crippen molar-refractivity contribution in [3.63, 3.8) is 0 Å². The zero-order valence-corrected chi connectivity index (χ0v) is 11.4. The van der Waals surface area contributed by atoms with Gasteiger partial charge in [0.1, 0.15) is 11.8 Å². The minimum Gasteiger partial charge on any atom is -0.497 e. The maximum absolute atomic E-state index is 13.1. The fourth-order valence-electron chi connectivity index (χ4n) is 1.82. The number of hydrogen-bond donors (Lipinski definition) is 1. The minimum atomic E-state index is -4.44. The van der Waals surface area contributed by atoms with Gasteiger partial charge in [-0.05, 0) is 24.6 Å². The third-order valence-corrected chi connectivity index (χ3v) is 2.80. The van der Waals surface area contributed by atoms with E-state index in [0.29, 0.717) is 11.6 Å². The Balaban J connectivity index is 2.14. The standard InChI is InChI=1S/C13H14F3N3O2/c1-8-18-11(21-19-8)7-17-12(13(14,15)16)9-3-5-10(20-2)6-4-9/h3-6,12,17H,7H2,1-2H3/t12-/m0/s1. The summed E-state index contributed by atoms with van der Waals surface area (Å²) in [4.78, 5) is 3.86. The third-order valence-electron chi connectivity index (χ3n) is 2.80. The zero-order chi connectivity index (χ0) is 15.5. The van der Waals surface area contributed by atoms with E-state index in [-0.39, 0.29) is 18.0 Å². The Morgan fingerprint density at radius 2 is 1.95 bits per heavy atom. The van der Waals surface area contributed by atoms with E-state index in [1.54, 1.807) is 6.92 Å². The maximum atomic E-state index is 13.1. The van der Waals surface area contributed by atoms with E-state index in [1.165, 1.54) is 31.4 Å². The van der Waals surface area contributed by atoms with Gasteiger partial charge in [-0.3, -0.25) is 5.32 Å².